The van der Waals surface area contributed by atoms with Gasteiger partial charge >= 0.3 is 0 Å². The maximum atomic E-state index is 5.43. The van der Waals surface area contributed by atoms with Gasteiger partial charge in [0.2, 0.25) is 0 Å². The molecule has 0 saturated carbocycles. The van der Waals surface area contributed by atoms with E-state index in [0.29, 0.717) is 6.54 Å². The van der Waals surface area contributed by atoms with Gasteiger partial charge in [0.05, 0.1) is 6.54 Å². The van der Waals surface area contributed by atoms with Crippen LogP contribution in [-0.4, -0.2) is 31.1 Å². The van der Waals surface area contributed by atoms with E-state index in [9.17, 15) is 0 Å². The highest BCUT2D eigenvalue weighted by molar-refractivity contribution is 5.04. The molecular formula is C11H21N3. The number of nitrogens with two attached hydrogens (primary N) is 1. The molecule has 3 nitrogen and oxygen atoms in total. The van der Waals surface area contributed by atoms with Gasteiger partial charge in [-0.2, -0.15) is 0 Å². The molecule has 80 valence electrons. The van der Waals surface area contributed by atoms with Gasteiger partial charge in [-0.05, 0) is 12.3 Å². The first-order chi connectivity index (χ1) is 6.63. The second-order valence-corrected chi connectivity index (χ2v) is 4.07. The highest BCUT2D eigenvalue weighted by Crippen LogP contribution is 2.18. The molecule has 0 radical (unpaired) electrons. The van der Waals surface area contributed by atoms with Crippen molar-refractivity contribution in [1.82, 2.24) is 10.2 Å². The summed E-state index contributed by atoms with van der Waals surface area (Å²) in [5.41, 5.74) is 7.44. The summed E-state index contributed by atoms with van der Waals surface area (Å²) < 4.78 is 0. The summed E-state index contributed by atoms with van der Waals surface area (Å²) >= 11 is 0. The number of nitrogens with one attached hydrogen (secondary N) is 1. The molecular weight excluding hydrogens is 174 g/mol. The van der Waals surface area contributed by atoms with Crippen LogP contribution in [0.1, 0.15) is 13.3 Å². The zero-order chi connectivity index (χ0) is 10.6. The summed E-state index contributed by atoms with van der Waals surface area (Å²) in [6, 6.07) is 0. The molecule has 1 saturated heterocycles. The van der Waals surface area contributed by atoms with E-state index in [1.165, 1.54) is 6.42 Å². The van der Waals surface area contributed by atoms with Gasteiger partial charge in [-0.25, -0.2) is 0 Å². The Morgan fingerprint density at radius 1 is 1.57 bits per heavy atom. The molecule has 0 bridgehead atoms. The quantitative estimate of drug-likeness (QED) is 0.685. The van der Waals surface area contributed by atoms with Crippen molar-refractivity contribution < 1.29 is 0 Å². The highest BCUT2D eigenvalue weighted by Gasteiger charge is 2.19. The maximum absolute atomic E-state index is 5.43. The molecule has 1 atom stereocenters. The minimum absolute atomic E-state index is 0.490. The predicted molar refractivity (Wildman–Crippen MR) is 60.7 cm³/mol. The third-order valence-corrected chi connectivity index (χ3v) is 2.66. The molecule has 1 aliphatic heterocycles. The van der Waals surface area contributed by atoms with E-state index in [1.54, 1.807) is 0 Å². The molecule has 0 spiro atoms. The van der Waals surface area contributed by atoms with Crippen LogP contribution < -0.4 is 11.1 Å². The standard InChI is InChI=1S/C11H21N3/c1-9-4-5-14(8-9)11(3)7-13-10(2)6-12/h9,13H,2-8,12H2,1H3. The zero-order valence-corrected chi connectivity index (χ0v) is 9.05. The van der Waals surface area contributed by atoms with Crippen LogP contribution in [0.3, 0.4) is 0 Å². The van der Waals surface area contributed by atoms with Crippen LogP contribution >= 0.6 is 0 Å². The van der Waals surface area contributed by atoms with Crippen LogP contribution in [0.25, 0.3) is 0 Å². The normalized spacial score (nSPS) is 21.0. The van der Waals surface area contributed by atoms with E-state index in [4.69, 9.17) is 5.73 Å². The number of rotatable bonds is 5. The summed E-state index contributed by atoms with van der Waals surface area (Å²) in [6.07, 6.45) is 1.27. The highest BCUT2D eigenvalue weighted by atomic mass is 15.2. The first-order valence-electron chi connectivity index (χ1n) is 5.18. The molecule has 0 aromatic rings. The Hall–Kier alpha value is -0.960. The van der Waals surface area contributed by atoms with Crippen LogP contribution in [0.2, 0.25) is 0 Å². The molecule has 0 aromatic carbocycles. The van der Waals surface area contributed by atoms with Gasteiger partial charge in [0.25, 0.3) is 0 Å². The van der Waals surface area contributed by atoms with Crippen molar-refractivity contribution >= 4 is 0 Å². The fraction of sp³-hybridized carbons (Fsp3) is 0.636. The SMILES string of the molecule is C=C(CN)NCC(=C)N1CCC(C)C1. The molecule has 1 heterocycles. The van der Waals surface area contributed by atoms with Crippen LogP contribution in [0.5, 0.6) is 0 Å². The van der Waals surface area contributed by atoms with Gasteiger partial charge in [-0.3, -0.25) is 0 Å². The van der Waals surface area contributed by atoms with E-state index >= 15 is 0 Å². The summed E-state index contributed by atoms with van der Waals surface area (Å²) in [7, 11) is 0. The van der Waals surface area contributed by atoms with E-state index in [2.05, 4.69) is 30.3 Å². The second-order valence-electron chi connectivity index (χ2n) is 4.07. The molecule has 3 heteroatoms. The van der Waals surface area contributed by atoms with E-state index in [-0.39, 0.29) is 0 Å². The lowest BCUT2D eigenvalue weighted by atomic mass is 10.2. The number of nitrogens with zero attached hydrogens (tertiary/aromatic N) is 1. The third-order valence-electron chi connectivity index (χ3n) is 2.66. The third kappa shape index (κ3) is 3.07. The zero-order valence-electron chi connectivity index (χ0n) is 9.05. The summed E-state index contributed by atoms with van der Waals surface area (Å²) in [5.74, 6) is 0.796. The second kappa shape index (κ2) is 5.05. The summed E-state index contributed by atoms with van der Waals surface area (Å²) in [4.78, 5) is 2.33. The fourth-order valence-electron chi connectivity index (χ4n) is 1.63. The molecule has 0 amide bonds. The van der Waals surface area contributed by atoms with Gasteiger partial charge in [-0.15, -0.1) is 0 Å². The molecule has 0 aliphatic carbocycles. The summed E-state index contributed by atoms with van der Waals surface area (Å²) in [6.45, 7) is 13.7. The van der Waals surface area contributed by atoms with Crippen LogP contribution in [0.15, 0.2) is 24.6 Å². The van der Waals surface area contributed by atoms with Crippen LogP contribution in [0, 0.1) is 5.92 Å². The van der Waals surface area contributed by atoms with Crippen LogP contribution in [-0.2, 0) is 0 Å². The van der Waals surface area contributed by atoms with E-state index in [1.807, 2.05) is 0 Å². The van der Waals surface area contributed by atoms with Crippen molar-refractivity contribution in [3.8, 4) is 0 Å². The fourth-order valence-corrected chi connectivity index (χ4v) is 1.63. The maximum Gasteiger partial charge on any atom is 0.0541 e. The minimum atomic E-state index is 0.490. The Morgan fingerprint density at radius 2 is 2.29 bits per heavy atom. The molecule has 14 heavy (non-hydrogen) atoms. The monoisotopic (exact) mass is 195 g/mol. The van der Waals surface area contributed by atoms with Gasteiger partial charge in [0, 0.05) is 31.0 Å². The lowest BCUT2D eigenvalue weighted by Crippen LogP contribution is -2.29. The topological polar surface area (TPSA) is 41.3 Å². The predicted octanol–water partition coefficient (Wildman–Crippen LogP) is 0.904. The van der Waals surface area contributed by atoms with Crippen molar-refractivity contribution in [1.29, 1.82) is 0 Å². The van der Waals surface area contributed by atoms with Gasteiger partial charge in [0.15, 0.2) is 0 Å². The van der Waals surface area contributed by atoms with E-state index in [0.717, 1.165) is 36.9 Å². The molecule has 0 aromatic heterocycles. The van der Waals surface area contributed by atoms with Crippen molar-refractivity contribution in [3.05, 3.63) is 24.6 Å². The van der Waals surface area contributed by atoms with Crippen molar-refractivity contribution in [2.75, 3.05) is 26.2 Å². The van der Waals surface area contributed by atoms with Gasteiger partial charge in [0.1, 0.15) is 0 Å². The number of hydrogen-bond acceptors (Lipinski definition) is 3. The number of hydrogen-bond donors (Lipinski definition) is 2. The summed E-state index contributed by atoms with van der Waals surface area (Å²) in [5, 5.41) is 3.16. The lowest BCUT2D eigenvalue weighted by Gasteiger charge is -2.21. The van der Waals surface area contributed by atoms with Gasteiger partial charge in [-0.1, -0.05) is 20.1 Å². The van der Waals surface area contributed by atoms with Crippen molar-refractivity contribution in [2.24, 2.45) is 11.7 Å². The molecule has 3 N–H and O–H groups in total. The average molecular weight is 195 g/mol. The van der Waals surface area contributed by atoms with E-state index < -0.39 is 0 Å². The van der Waals surface area contributed by atoms with Gasteiger partial charge < -0.3 is 16.0 Å². The Kier molecular flexibility index (Phi) is 4.01. The van der Waals surface area contributed by atoms with Crippen molar-refractivity contribution in [2.45, 2.75) is 13.3 Å². The molecule has 1 unspecified atom stereocenters. The number of likely N-dealkylation sites (tertiary alicyclic amines) is 1. The first-order valence-corrected chi connectivity index (χ1v) is 5.18. The first kappa shape index (κ1) is 11.1. The largest absolute Gasteiger partial charge is 0.382 e. The molecule has 1 rings (SSSR count). The Morgan fingerprint density at radius 3 is 2.79 bits per heavy atom. The van der Waals surface area contributed by atoms with Crippen molar-refractivity contribution in [3.63, 3.8) is 0 Å². The Balaban J connectivity index is 2.25. The average Bonchev–Trinajstić information content (AvgIpc) is 2.60. The Bertz CT molecular complexity index is 223. The smallest absolute Gasteiger partial charge is 0.0541 e. The molecule has 1 aliphatic rings. The lowest BCUT2D eigenvalue weighted by molar-refractivity contribution is 0.400. The van der Waals surface area contributed by atoms with Crippen LogP contribution in [0.4, 0.5) is 0 Å². The molecule has 1 fully saturated rings. The Labute approximate surface area is 86.7 Å². The minimum Gasteiger partial charge on any atom is -0.382 e.